The number of carboxylic acids is 1. The van der Waals surface area contributed by atoms with Gasteiger partial charge in [0, 0.05) is 18.0 Å². The third-order valence-electron chi connectivity index (χ3n) is 2.97. The van der Waals surface area contributed by atoms with Gasteiger partial charge >= 0.3 is 5.97 Å². The number of carboxylic acid groups (broad SMARTS) is 1. The maximum absolute atomic E-state index is 11.3. The molecular weight excluding hydrogens is 254 g/mol. The monoisotopic (exact) mass is 265 g/mol. The Balaban J connectivity index is 2.18. The van der Waals surface area contributed by atoms with E-state index in [1.807, 2.05) is 30.3 Å². The van der Waals surface area contributed by atoms with Gasteiger partial charge in [-0.05, 0) is 24.3 Å². The summed E-state index contributed by atoms with van der Waals surface area (Å²) in [6, 6.07) is 12.8. The summed E-state index contributed by atoms with van der Waals surface area (Å²) in [5.74, 6) is -0.983. The van der Waals surface area contributed by atoms with Crippen LogP contribution in [0.25, 0.3) is 16.9 Å². The minimum absolute atomic E-state index is 0.206. The molecule has 20 heavy (non-hydrogen) atoms. The number of aromatic carboxylic acids is 1. The zero-order valence-corrected chi connectivity index (χ0v) is 10.5. The van der Waals surface area contributed by atoms with Gasteiger partial charge in [-0.25, -0.2) is 9.48 Å². The van der Waals surface area contributed by atoms with Crippen LogP contribution in [-0.2, 0) is 0 Å². The predicted octanol–water partition coefficient (Wildman–Crippen LogP) is 2.63. The lowest BCUT2D eigenvalue weighted by molar-refractivity contribution is 0.0697. The summed E-state index contributed by atoms with van der Waals surface area (Å²) in [5.41, 5.74) is 2.31. The van der Waals surface area contributed by atoms with E-state index in [1.54, 1.807) is 23.1 Å². The van der Waals surface area contributed by atoms with Crippen molar-refractivity contribution in [3.05, 3.63) is 66.6 Å². The second-order valence-electron chi connectivity index (χ2n) is 4.19. The van der Waals surface area contributed by atoms with Gasteiger partial charge in [0.05, 0.1) is 23.1 Å². The van der Waals surface area contributed by atoms with Gasteiger partial charge in [0.2, 0.25) is 0 Å². The Morgan fingerprint density at radius 2 is 1.85 bits per heavy atom. The minimum atomic E-state index is -0.983. The molecule has 0 aliphatic heterocycles. The van der Waals surface area contributed by atoms with Crippen LogP contribution in [0, 0.1) is 0 Å². The van der Waals surface area contributed by atoms with Gasteiger partial charge in [0.25, 0.3) is 0 Å². The molecule has 0 unspecified atom stereocenters. The quantitative estimate of drug-likeness (QED) is 0.790. The Kier molecular flexibility index (Phi) is 3.01. The summed E-state index contributed by atoms with van der Waals surface area (Å²) in [5, 5.41) is 13.5. The average Bonchev–Trinajstić information content (AvgIpc) is 2.97. The van der Waals surface area contributed by atoms with E-state index in [1.165, 1.54) is 12.3 Å². The average molecular weight is 265 g/mol. The smallest absolute Gasteiger partial charge is 0.336 e. The second-order valence-corrected chi connectivity index (χ2v) is 4.19. The van der Waals surface area contributed by atoms with Crippen LogP contribution >= 0.6 is 0 Å². The van der Waals surface area contributed by atoms with Gasteiger partial charge < -0.3 is 5.11 Å². The number of pyridine rings is 1. The van der Waals surface area contributed by atoms with Crippen molar-refractivity contribution >= 4 is 5.97 Å². The molecule has 0 bridgehead atoms. The van der Waals surface area contributed by atoms with Crippen LogP contribution in [0.1, 0.15) is 10.4 Å². The number of para-hydroxylation sites is 1. The van der Waals surface area contributed by atoms with E-state index in [4.69, 9.17) is 0 Å². The summed E-state index contributed by atoms with van der Waals surface area (Å²) in [6.07, 6.45) is 4.65. The lowest BCUT2D eigenvalue weighted by Crippen LogP contribution is -2.04. The maximum atomic E-state index is 11.3. The molecule has 98 valence electrons. The molecule has 1 aromatic carbocycles. The van der Waals surface area contributed by atoms with Crippen LogP contribution in [0.15, 0.2) is 61.1 Å². The van der Waals surface area contributed by atoms with Crippen LogP contribution in [0.4, 0.5) is 0 Å². The predicted molar refractivity (Wildman–Crippen MR) is 73.8 cm³/mol. The summed E-state index contributed by atoms with van der Waals surface area (Å²) < 4.78 is 1.70. The molecule has 5 heteroatoms. The van der Waals surface area contributed by atoms with E-state index in [-0.39, 0.29) is 5.56 Å². The highest BCUT2D eigenvalue weighted by atomic mass is 16.4. The number of carbonyl (C=O) groups is 1. The molecule has 0 fully saturated rings. The van der Waals surface area contributed by atoms with Crippen molar-refractivity contribution in [3.8, 4) is 16.9 Å². The Bertz CT molecular complexity index is 751. The first-order chi connectivity index (χ1) is 9.77. The number of rotatable bonds is 3. The fraction of sp³-hybridized carbons (Fsp3) is 0. The van der Waals surface area contributed by atoms with Crippen molar-refractivity contribution in [2.75, 3.05) is 0 Å². The molecule has 0 atom stereocenters. The van der Waals surface area contributed by atoms with Gasteiger partial charge in [0.15, 0.2) is 0 Å². The van der Waals surface area contributed by atoms with E-state index in [0.29, 0.717) is 11.3 Å². The number of hydrogen-bond donors (Lipinski definition) is 1. The highest BCUT2D eigenvalue weighted by Crippen LogP contribution is 2.25. The molecule has 1 N–H and O–H groups in total. The molecule has 2 aromatic heterocycles. The minimum Gasteiger partial charge on any atom is -0.478 e. The second kappa shape index (κ2) is 4.97. The summed E-state index contributed by atoms with van der Waals surface area (Å²) >= 11 is 0. The molecule has 0 radical (unpaired) electrons. The molecule has 5 nitrogen and oxygen atoms in total. The molecule has 0 saturated heterocycles. The molecule has 3 aromatic rings. The van der Waals surface area contributed by atoms with Crippen molar-refractivity contribution < 1.29 is 9.90 Å². The van der Waals surface area contributed by atoms with Crippen LogP contribution < -0.4 is 0 Å². The van der Waals surface area contributed by atoms with Crippen molar-refractivity contribution in [1.29, 1.82) is 0 Å². The molecule has 0 amide bonds. The highest BCUT2D eigenvalue weighted by molar-refractivity contribution is 5.95. The van der Waals surface area contributed by atoms with Crippen molar-refractivity contribution in [1.82, 2.24) is 14.8 Å². The molecule has 0 spiro atoms. The van der Waals surface area contributed by atoms with E-state index in [9.17, 15) is 9.90 Å². The Labute approximate surface area is 115 Å². The Morgan fingerprint density at radius 1 is 1.05 bits per heavy atom. The number of hydrogen-bond acceptors (Lipinski definition) is 3. The van der Waals surface area contributed by atoms with Gasteiger partial charge in [-0.3, -0.25) is 4.98 Å². The van der Waals surface area contributed by atoms with Crippen LogP contribution in [0.3, 0.4) is 0 Å². The maximum Gasteiger partial charge on any atom is 0.336 e. The SMILES string of the molecule is O=C(O)c1ccncc1-c1ccnn1-c1ccccc1. The fourth-order valence-electron chi connectivity index (χ4n) is 2.07. The van der Waals surface area contributed by atoms with E-state index in [0.717, 1.165) is 5.69 Å². The zero-order chi connectivity index (χ0) is 13.9. The van der Waals surface area contributed by atoms with Crippen LogP contribution in [0.2, 0.25) is 0 Å². The summed E-state index contributed by atoms with van der Waals surface area (Å²) in [7, 11) is 0. The number of aromatic nitrogens is 3. The lowest BCUT2D eigenvalue weighted by atomic mass is 10.1. The van der Waals surface area contributed by atoms with E-state index >= 15 is 0 Å². The zero-order valence-electron chi connectivity index (χ0n) is 10.5. The van der Waals surface area contributed by atoms with Gasteiger partial charge in [-0.15, -0.1) is 0 Å². The molecule has 0 saturated carbocycles. The van der Waals surface area contributed by atoms with Gasteiger partial charge in [-0.2, -0.15) is 5.10 Å². The number of benzene rings is 1. The molecule has 0 aliphatic rings. The molecule has 0 aliphatic carbocycles. The van der Waals surface area contributed by atoms with Crippen LogP contribution in [0.5, 0.6) is 0 Å². The number of nitrogens with zero attached hydrogens (tertiary/aromatic N) is 3. The Morgan fingerprint density at radius 3 is 2.60 bits per heavy atom. The van der Waals surface area contributed by atoms with Crippen molar-refractivity contribution in [2.24, 2.45) is 0 Å². The summed E-state index contributed by atoms with van der Waals surface area (Å²) in [6.45, 7) is 0. The highest BCUT2D eigenvalue weighted by Gasteiger charge is 2.15. The first-order valence-electron chi connectivity index (χ1n) is 6.04. The lowest BCUT2D eigenvalue weighted by Gasteiger charge is -2.09. The largest absolute Gasteiger partial charge is 0.478 e. The van der Waals surface area contributed by atoms with Crippen molar-refractivity contribution in [3.63, 3.8) is 0 Å². The summed E-state index contributed by atoms with van der Waals surface area (Å²) in [4.78, 5) is 15.3. The third-order valence-corrected chi connectivity index (χ3v) is 2.97. The molecule has 3 rings (SSSR count). The van der Waals surface area contributed by atoms with E-state index < -0.39 is 5.97 Å². The standard InChI is InChI=1S/C15H11N3O2/c19-15(20)12-6-8-16-10-13(12)14-7-9-17-18(14)11-4-2-1-3-5-11/h1-10H,(H,19,20). The molecule has 2 heterocycles. The third kappa shape index (κ3) is 2.05. The topological polar surface area (TPSA) is 68.0 Å². The first-order valence-corrected chi connectivity index (χ1v) is 6.04. The molecular formula is C15H11N3O2. The van der Waals surface area contributed by atoms with Gasteiger partial charge in [-0.1, -0.05) is 18.2 Å². The Hall–Kier alpha value is -2.95. The fourth-order valence-corrected chi connectivity index (χ4v) is 2.07. The van der Waals surface area contributed by atoms with Crippen LogP contribution in [-0.4, -0.2) is 25.8 Å². The van der Waals surface area contributed by atoms with Gasteiger partial charge in [0.1, 0.15) is 0 Å². The normalized spacial score (nSPS) is 10.4. The van der Waals surface area contributed by atoms with Crippen molar-refractivity contribution in [2.45, 2.75) is 0 Å². The van der Waals surface area contributed by atoms with E-state index in [2.05, 4.69) is 10.1 Å². The first kappa shape index (κ1) is 12.1.